The van der Waals surface area contributed by atoms with Gasteiger partial charge >= 0.3 is 0 Å². The Hall–Kier alpha value is -0.700. The second-order valence-electron chi connectivity index (χ2n) is 5.55. The van der Waals surface area contributed by atoms with Crippen LogP contribution in [0.15, 0.2) is 24.3 Å². The number of halogens is 3. The third kappa shape index (κ3) is 3.23. The Balaban J connectivity index is 1.89. The molecule has 112 valence electrons. The van der Waals surface area contributed by atoms with Gasteiger partial charge < -0.3 is 0 Å². The quantitative estimate of drug-likeness (QED) is 0.657. The van der Waals surface area contributed by atoms with E-state index in [2.05, 4.69) is 0 Å². The predicted molar refractivity (Wildman–Crippen MR) is 88.6 cm³/mol. The summed E-state index contributed by atoms with van der Waals surface area (Å²) in [6.07, 6.45) is 4.93. The zero-order valence-corrected chi connectivity index (χ0v) is 13.9. The topological polar surface area (TPSA) is 17.8 Å². The highest BCUT2D eigenvalue weighted by atomic mass is 35.5. The molecule has 0 amide bonds. The average molecular weight is 344 g/mol. The maximum Gasteiger partial charge on any atom is 0.132 e. The summed E-state index contributed by atoms with van der Waals surface area (Å²) in [5.41, 5.74) is 3.23. The summed E-state index contributed by atoms with van der Waals surface area (Å²) in [4.78, 5) is 0. The zero-order valence-electron chi connectivity index (χ0n) is 11.7. The lowest BCUT2D eigenvalue weighted by molar-refractivity contribution is 0.628. The fourth-order valence-corrected chi connectivity index (χ4v) is 3.73. The van der Waals surface area contributed by atoms with Crippen molar-refractivity contribution >= 4 is 34.8 Å². The second kappa shape index (κ2) is 6.60. The normalized spacial score (nSPS) is 15.8. The predicted octanol–water partition coefficient (Wildman–Crippen LogP) is 5.63. The number of nitrogens with zero attached hydrogens (tertiary/aromatic N) is 2. The molecule has 2 aromatic rings. The highest BCUT2D eigenvalue weighted by Gasteiger charge is 2.25. The van der Waals surface area contributed by atoms with Gasteiger partial charge in [-0.15, -0.1) is 11.6 Å². The molecule has 1 saturated carbocycles. The highest BCUT2D eigenvalue weighted by Crippen LogP contribution is 2.38. The van der Waals surface area contributed by atoms with E-state index >= 15 is 0 Å². The molecule has 2 nitrogen and oxygen atoms in total. The van der Waals surface area contributed by atoms with E-state index in [0.717, 1.165) is 21.8 Å². The van der Waals surface area contributed by atoms with Gasteiger partial charge in [0.25, 0.3) is 0 Å². The maximum absolute atomic E-state index is 6.48. The Morgan fingerprint density at radius 3 is 2.38 bits per heavy atom. The maximum atomic E-state index is 6.48. The Morgan fingerprint density at radius 1 is 1.10 bits per heavy atom. The van der Waals surface area contributed by atoms with Crippen LogP contribution in [0.1, 0.15) is 48.4 Å². The number of alkyl halides is 1. The van der Waals surface area contributed by atoms with Gasteiger partial charge in [0.1, 0.15) is 5.15 Å². The highest BCUT2D eigenvalue weighted by molar-refractivity contribution is 6.31. The molecule has 0 radical (unpaired) electrons. The van der Waals surface area contributed by atoms with Crippen LogP contribution in [0.4, 0.5) is 0 Å². The van der Waals surface area contributed by atoms with Crippen LogP contribution < -0.4 is 0 Å². The summed E-state index contributed by atoms with van der Waals surface area (Å²) >= 11 is 18.5. The van der Waals surface area contributed by atoms with E-state index in [1.165, 1.54) is 25.7 Å². The van der Waals surface area contributed by atoms with Crippen molar-refractivity contribution in [1.29, 1.82) is 0 Å². The van der Waals surface area contributed by atoms with E-state index < -0.39 is 0 Å². The van der Waals surface area contributed by atoms with Gasteiger partial charge in [-0.2, -0.15) is 5.10 Å². The molecule has 0 N–H and O–H groups in total. The minimum Gasteiger partial charge on any atom is -0.249 e. The molecule has 21 heavy (non-hydrogen) atoms. The molecule has 0 aliphatic heterocycles. The van der Waals surface area contributed by atoms with Crippen molar-refractivity contribution in [3.8, 4) is 0 Å². The van der Waals surface area contributed by atoms with E-state index in [4.69, 9.17) is 39.9 Å². The molecule has 0 bridgehead atoms. The van der Waals surface area contributed by atoms with Gasteiger partial charge in [0.15, 0.2) is 0 Å². The molecule has 5 heteroatoms. The van der Waals surface area contributed by atoms with E-state index in [1.807, 2.05) is 28.9 Å². The molecule has 1 aliphatic carbocycles. The van der Waals surface area contributed by atoms with Crippen molar-refractivity contribution < 1.29 is 0 Å². The van der Waals surface area contributed by atoms with E-state index in [-0.39, 0.29) is 0 Å². The van der Waals surface area contributed by atoms with Gasteiger partial charge in [0, 0.05) is 16.5 Å². The van der Waals surface area contributed by atoms with E-state index in [9.17, 15) is 0 Å². The van der Waals surface area contributed by atoms with Crippen molar-refractivity contribution in [3.63, 3.8) is 0 Å². The van der Waals surface area contributed by atoms with Crippen LogP contribution in [0, 0.1) is 0 Å². The molecule has 1 fully saturated rings. The standard InChI is InChI=1S/C16H17Cl3N2/c17-9-14-15(12-3-1-2-4-12)20-21(16(14)19)10-11-5-7-13(18)8-6-11/h5-8,12H,1-4,9-10H2. The van der Waals surface area contributed by atoms with Crippen molar-refractivity contribution in [2.45, 2.75) is 44.0 Å². The minimum absolute atomic E-state index is 0.422. The zero-order chi connectivity index (χ0) is 14.8. The van der Waals surface area contributed by atoms with Crippen LogP contribution in [0.2, 0.25) is 10.2 Å². The monoisotopic (exact) mass is 342 g/mol. The molecule has 1 aromatic heterocycles. The molecular formula is C16H17Cl3N2. The molecule has 1 heterocycles. The summed E-state index contributed by atoms with van der Waals surface area (Å²) < 4.78 is 1.86. The van der Waals surface area contributed by atoms with Crippen LogP contribution >= 0.6 is 34.8 Å². The first-order valence-electron chi connectivity index (χ1n) is 7.24. The van der Waals surface area contributed by atoms with Crippen molar-refractivity contribution in [2.75, 3.05) is 0 Å². The smallest absolute Gasteiger partial charge is 0.132 e. The fraction of sp³-hybridized carbons (Fsp3) is 0.438. The summed E-state index contributed by atoms with van der Waals surface area (Å²) in [5, 5.41) is 6.15. The Kier molecular flexibility index (Phi) is 4.78. The van der Waals surface area contributed by atoms with Crippen LogP contribution in [0.3, 0.4) is 0 Å². The summed E-state index contributed by atoms with van der Waals surface area (Å²) in [7, 11) is 0. The lowest BCUT2D eigenvalue weighted by Gasteiger charge is -2.06. The van der Waals surface area contributed by atoms with E-state index in [0.29, 0.717) is 23.5 Å². The molecular weight excluding hydrogens is 327 g/mol. The van der Waals surface area contributed by atoms with Crippen molar-refractivity contribution in [2.24, 2.45) is 0 Å². The summed E-state index contributed by atoms with van der Waals surface area (Å²) in [6.45, 7) is 0.645. The lowest BCUT2D eigenvalue weighted by Crippen LogP contribution is -2.03. The first-order chi connectivity index (χ1) is 10.2. The van der Waals surface area contributed by atoms with Crippen LogP contribution in [-0.2, 0) is 12.4 Å². The largest absolute Gasteiger partial charge is 0.249 e. The van der Waals surface area contributed by atoms with Crippen LogP contribution in [0.25, 0.3) is 0 Å². The lowest BCUT2D eigenvalue weighted by atomic mass is 10.0. The fourth-order valence-electron chi connectivity index (χ4n) is 3.01. The first-order valence-corrected chi connectivity index (χ1v) is 8.53. The number of hydrogen-bond acceptors (Lipinski definition) is 1. The van der Waals surface area contributed by atoms with Gasteiger partial charge in [0.05, 0.1) is 18.1 Å². The molecule has 0 saturated heterocycles. The minimum atomic E-state index is 0.422. The number of rotatable bonds is 4. The SMILES string of the molecule is ClCc1c(C2CCCC2)nn(Cc2ccc(Cl)cc2)c1Cl. The molecule has 3 rings (SSSR count). The van der Waals surface area contributed by atoms with Crippen molar-refractivity contribution in [3.05, 3.63) is 51.3 Å². The molecule has 1 aliphatic rings. The van der Waals surface area contributed by atoms with Crippen molar-refractivity contribution in [1.82, 2.24) is 9.78 Å². The number of aromatic nitrogens is 2. The molecule has 0 atom stereocenters. The van der Waals surface area contributed by atoms with Crippen LogP contribution in [-0.4, -0.2) is 9.78 Å². The summed E-state index contributed by atoms with van der Waals surface area (Å²) in [5.74, 6) is 0.938. The first kappa shape index (κ1) is 15.2. The van der Waals surface area contributed by atoms with Gasteiger partial charge in [0.2, 0.25) is 0 Å². The Bertz CT molecular complexity index is 613. The second-order valence-corrected chi connectivity index (χ2v) is 6.62. The molecule has 0 spiro atoms. The third-order valence-electron chi connectivity index (χ3n) is 4.13. The van der Waals surface area contributed by atoms with Gasteiger partial charge in [-0.3, -0.25) is 0 Å². The Labute approximate surface area is 140 Å². The van der Waals surface area contributed by atoms with E-state index in [1.54, 1.807) is 0 Å². The average Bonchev–Trinajstić information content (AvgIpc) is 3.10. The number of benzene rings is 1. The Morgan fingerprint density at radius 2 is 1.76 bits per heavy atom. The molecule has 0 unspecified atom stereocenters. The molecule has 1 aromatic carbocycles. The third-order valence-corrected chi connectivity index (χ3v) is 5.08. The van der Waals surface area contributed by atoms with Gasteiger partial charge in [-0.05, 0) is 30.5 Å². The van der Waals surface area contributed by atoms with Crippen LogP contribution in [0.5, 0.6) is 0 Å². The summed E-state index contributed by atoms with van der Waals surface area (Å²) in [6, 6.07) is 7.76. The number of hydrogen-bond donors (Lipinski definition) is 0. The van der Waals surface area contributed by atoms with Gasteiger partial charge in [-0.1, -0.05) is 48.2 Å². The van der Waals surface area contributed by atoms with Gasteiger partial charge in [-0.25, -0.2) is 4.68 Å².